The minimum atomic E-state index is -0.201. The maximum atomic E-state index is 13.1. The molecular weight excluding hydrogens is 612 g/mol. The Morgan fingerprint density at radius 2 is 1.84 bits per heavy atom. The van der Waals surface area contributed by atoms with Gasteiger partial charge in [0, 0.05) is 18.7 Å². The molecule has 0 atom stereocenters. The maximum absolute atomic E-state index is 13.1. The number of piperidine rings is 1. The Labute approximate surface area is 259 Å². The molecule has 3 aromatic rings. The lowest BCUT2D eigenvalue weighted by atomic mass is 9.60. The van der Waals surface area contributed by atoms with Gasteiger partial charge in [0.15, 0.2) is 0 Å². The number of likely N-dealkylation sites (tertiary alicyclic amines) is 1. The largest absolute Gasteiger partial charge is 0.495 e. The van der Waals surface area contributed by atoms with Crippen LogP contribution in [-0.4, -0.2) is 71.9 Å². The van der Waals surface area contributed by atoms with Crippen molar-refractivity contribution in [3.8, 4) is 17.4 Å². The third-order valence-corrected chi connectivity index (χ3v) is 10.3. The van der Waals surface area contributed by atoms with Gasteiger partial charge in [-0.15, -0.1) is 0 Å². The summed E-state index contributed by atoms with van der Waals surface area (Å²) in [6, 6.07) is 11.2. The van der Waals surface area contributed by atoms with Gasteiger partial charge in [0.2, 0.25) is 11.8 Å². The van der Waals surface area contributed by atoms with E-state index in [0.29, 0.717) is 38.2 Å². The fourth-order valence-electron chi connectivity index (χ4n) is 6.99. The fourth-order valence-corrected chi connectivity index (χ4v) is 7.26. The van der Waals surface area contributed by atoms with Crippen LogP contribution in [0.4, 0.5) is 11.6 Å². The van der Waals surface area contributed by atoms with Crippen molar-refractivity contribution in [2.75, 3.05) is 39.6 Å². The highest BCUT2D eigenvalue weighted by molar-refractivity contribution is 9.10. The lowest BCUT2D eigenvalue weighted by Crippen LogP contribution is -2.54. The van der Waals surface area contributed by atoms with Crippen molar-refractivity contribution in [2.45, 2.75) is 50.1 Å². The zero-order valence-corrected chi connectivity index (χ0v) is 26.2. The number of ether oxygens (including phenoxy) is 2. The molecule has 0 bridgehead atoms. The minimum absolute atomic E-state index is 0.0425. The molecule has 2 aliphatic heterocycles. The molecule has 10 nitrogen and oxygen atoms in total. The van der Waals surface area contributed by atoms with Crippen molar-refractivity contribution in [3.63, 3.8) is 0 Å². The van der Waals surface area contributed by atoms with Gasteiger partial charge in [0.05, 0.1) is 34.6 Å². The van der Waals surface area contributed by atoms with E-state index in [1.807, 2.05) is 24.1 Å². The molecule has 1 saturated heterocycles. The average Bonchev–Trinajstić information content (AvgIpc) is 3.77. The van der Waals surface area contributed by atoms with Crippen molar-refractivity contribution >= 4 is 39.4 Å². The second-order valence-corrected chi connectivity index (χ2v) is 13.3. The van der Waals surface area contributed by atoms with E-state index in [1.54, 1.807) is 37.6 Å². The van der Waals surface area contributed by atoms with E-state index in [9.17, 15) is 9.59 Å². The number of benzene rings is 2. The first kappa shape index (κ1) is 28.1. The Kier molecular flexibility index (Phi) is 6.85. The molecule has 2 aromatic carbocycles. The van der Waals surface area contributed by atoms with Gasteiger partial charge in [-0.2, -0.15) is 4.98 Å². The van der Waals surface area contributed by atoms with Crippen LogP contribution in [0.3, 0.4) is 0 Å². The zero-order chi connectivity index (χ0) is 29.9. The second-order valence-electron chi connectivity index (χ2n) is 12.4. The molecule has 2 aliphatic carbocycles. The molecule has 2 spiro atoms. The first-order valence-corrected chi connectivity index (χ1v) is 15.6. The molecule has 0 radical (unpaired) electrons. The summed E-state index contributed by atoms with van der Waals surface area (Å²) in [5, 5.41) is 6.38. The van der Waals surface area contributed by atoms with Crippen LogP contribution in [0.5, 0.6) is 17.4 Å². The SMILES string of the molecule is COc1cc(C(=O)NC2CC3(CCN(C)CC3)C2)ccc1Nc1ncc(Br)c(Oc2cccc3c2C(=O)N(C)C32CC2)n1. The number of hydrogen-bond acceptors (Lipinski definition) is 8. The predicted molar refractivity (Wildman–Crippen MR) is 165 cm³/mol. The number of nitrogens with zero attached hydrogens (tertiary/aromatic N) is 4. The van der Waals surface area contributed by atoms with Gasteiger partial charge in [-0.1, -0.05) is 12.1 Å². The van der Waals surface area contributed by atoms with E-state index in [-0.39, 0.29) is 35.2 Å². The summed E-state index contributed by atoms with van der Waals surface area (Å²) in [5.74, 6) is 1.36. The number of carbonyl (C=O) groups excluding carboxylic acids is 2. The van der Waals surface area contributed by atoms with E-state index in [2.05, 4.69) is 48.5 Å². The standard InChI is InChI=1S/C32H35BrN6O4/c1-38-13-11-31(12-14-38)16-20(17-31)35-27(40)19-7-8-23(25(15-19)42-3)36-30-34-18-22(33)28(37-30)43-24-6-4-5-21-26(24)29(41)39(2)32(21)9-10-32/h4-8,15,18,20H,9-14,16-17H2,1-3H3,(H,35,40)(H,34,36,37). The van der Waals surface area contributed by atoms with E-state index in [0.717, 1.165) is 44.3 Å². The molecule has 2 N–H and O–H groups in total. The van der Waals surface area contributed by atoms with Gasteiger partial charge < -0.3 is 29.9 Å². The number of nitrogens with one attached hydrogen (secondary N) is 2. The monoisotopic (exact) mass is 646 g/mol. The predicted octanol–water partition coefficient (Wildman–Crippen LogP) is 5.46. The summed E-state index contributed by atoms with van der Waals surface area (Å²) in [6.45, 7) is 2.27. The molecule has 11 heteroatoms. The van der Waals surface area contributed by atoms with E-state index in [4.69, 9.17) is 9.47 Å². The number of halogens is 1. The number of fused-ring (bicyclic) bond motifs is 2. The number of anilines is 2. The third-order valence-electron chi connectivity index (χ3n) is 9.78. The number of amides is 2. The lowest BCUT2D eigenvalue weighted by molar-refractivity contribution is 0.0138. The number of hydrogen-bond donors (Lipinski definition) is 2. The van der Waals surface area contributed by atoms with Gasteiger partial charge in [-0.3, -0.25) is 9.59 Å². The van der Waals surface area contributed by atoms with Gasteiger partial charge in [0.25, 0.3) is 11.8 Å². The van der Waals surface area contributed by atoms with Crippen LogP contribution in [0.25, 0.3) is 0 Å². The van der Waals surface area contributed by atoms with Crippen LogP contribution in [0.1, 0.15) is 64.8 Å². The van der Waals surface area contributed by atoms with Crippen molar-refractivity contribution in [1.29, 1.82) is 0 Å². The van der Waals surface area contributed by atoms with Crippen LogP contribution >= 0.6 is 15.9 Å². The van der Waals surface area contributed by atoms with Crippen LogP contribution in [0, 0.1) is 5.41 Å². The third kappa shape index (κ3) is 4.92. The zero-order valence-electron chi connectivity index (χ0n) is 24.6. The minimum Gasteiger partial charge on any atom is -0.495 e. The smallest absolute Gasteiger partial charge is 0.258 e. The topological polar surface area (TPSA) is 109 Å². The first-order valence-electron chi connectivity index (χ1n) is 14.8. The van der Waals surface area contributed by atoms with E-state index in [1.165, 1.54) is 12.8 Å². The number of aromatic nitrogens is 2. The molecule has 2 saturated carbocycles. The summed E-state index contributed by atoms with van der Waals surface area (Å²) < 4.78 is 12.4. The Morgan fingerprint density at radius 1 is 1.07 bits per heavy atom. The molecule has 4 aliphatic rings. The highest BCUT2D eigenvalue weighted by atomic mass is 79.9. The Balaban J connectivity index is 1.04. The quantitative estimate of drug-likeness (QED) is 0.348. The van der Waals surface area contributed by atoms with Crippen LogP contribution in [0.2, 0.25) is 0 Å². The van der Waals surface area contributed by atoms with Crippen LogP contribution in [0.15, 0.2) is 47.1 Å². The molecule has 0 unspecified atom stereocenters. The molecule has 3 fully saturated rings. The fraction of sp³-hybridized carbons (Fsp3) is 0.438. The van der Waals surface area contributed by atoms with Gasteiger partial charge in [0.1, 0.15) is 11.5 Å². The molecule has 3 heterocycles. The van der Waals surface area contributed by atoms with Crippen molar-refractivity contribution < 1.29 is 19.1 Å². The molecule has 224 valence electrons. The molecule has 2 amide bonds. The summed E-state index contributed by atoms with van der Waals surface area (Å²) in [6.07, 6.45) is 8.01. The highest BCUT2D eigenvalue weighted by Crippen LogP contribution is 2.57. The van der Waals surface area contributed by atoms with Gasteiger partial charge in [-0.05, 0) is 110 Å². The Bertz CT molecular complexity index is 1610. The van der Waals surface area contributed by atoms with Gasteiger partial charge in [-0.25, -0.2) is 4.98 Å². The highest BCUT2D eigenvalue weighted by Gasteiger charge is 2.57. The lowest BCUT2D eigenvalue weighted by Gasteiger charge is -2.52. The molecule has 43 heavy (non-hydrogen) atoms. The average molecular weight is 648 g/mol. The van der Waals surface area contributed by atoms with Crippen molar-refractivity contribution in [1.82, 2.24) is 25.1 Å². The Morgan fingerprint density at radius 3 is 2.56 bits per heavy atom. The maximum Gasteiger partial charge on any atom is 0.258 e. The molecular formula is C32H35BrN6O4. The van der Waals surface area contributed by atoms with Crippen molar-refractivity contribution in [3.05, 3.63) is 63.8 Å². The summed E-state index contributed by atoms with van der Waals surface area (Å²) in [5.41, 5.74) is 2.93. The Hall–Kier alpha value is -3.70. The van der Waals surface area contributed by atoms with Crippen molar-refractivity contribution in [2.24, 2.45) is 5.41 Å². The summed E-state index contributed by atoms with van der Waals surface area (Å²) >= 11 is 3.48. The second kappa shape index (κ2) is 10.5. The van der Waals surface area contributed by atoms with E-state index >= 15 is 0 Å². The summed E-state index contributed by atoms with van der Waals surface area (Å²) in [7, 11) is 5.58. The van der Waals surface area contributed by atoms with Crippen LogP contribution < -0.4 is 20.1 Å². The molecule has 7 rings (SSSR count). The summed E-state index contributed by atoms with van der Waals surface area (Å²) in [4.78, 5) is 39.3. The number of rotatable bonds is 7. The van der Waals surface area contributed by atoms with Crippen LogP contribution in [-0.2, 0) is 5.54 Å². The van der Waals surface area contributed by atoms with E-state index < -0.39 is 0 Å². The number of methoxy groups -OCH3 is 1. The van der Waals surface area contributed by atoms with Gasteiger partial charge >= 0.3 is 0 Å². The first-order chi connectivity index (χ1) is 20.7. The number of carbonyl (C=O) groups is 2. The molecule has 1 aromatic heterocycles. The normalized spacial score (nSPS) is 20.1.